The molecule has 1 aliphatic carbocycles. The number of thiophene rings is 1. The van der Waals surface area contributed by atoms with Gasteiger partial charge in [0.1, 0.15) is 0 Å². The Morgan fingerprint density at radius 1 is 0.600 bits per heavy atom. The van der Waals surface area contributed by atoms with Crippen LogP contribution in [0.2, 0.25) is 0 Å². The van der Waals surface area contributed by atoms with Crippen LogP contribution in [0.25, 0.3) is 43.5 Å². The van der Waals surface area contributed by atoms with Gasteiger partial charge in [-0.25, -0.2) is 0 Å². The number of hydrogen-bond donors (Lipinski definition) is 1. The predicted octanol–water partition coefficient (Wildman–Crippen LogP) is 17.1. The summed E-state index contributed by atoms with van der Waals surface area (Å²) in [5.74, 6) is 0.423. The van der Waals surface area contributed by atoms with Crippen molar-refractivity contribution in [2.45, 2.75) is 123 Å². The first kappa shape index (κ1) is 40.3. The van der Waals surface area contributed by atoms with Crippen molar-refractivity contribution < 1.29 is 0 Å². The van der Waals surface area contributed by atoms with E-state index in [0.29, 0.717) is 5.92 Å². The number of rotatable bonds is 7. The Morgan fingerprint density at radius 3 is 1.93 bits per heavy atom. The molecule has 2 nitrogen and oxygen atoms in total. The smallest absolute Gasteiger partial charge is 0.0647 e. The summed E-state index contributed by atoms with van der Waals surface area (Å²) in [6.07, 6.45) is 4.93. The van der Waals surface area contributed by atoms with E-state index in [1.54, 1.807) is 0 Å². The molecule has 6 aromatic carbocycles. The van der Waals surface area contributed by atoms with Crippen molar-refractivity contribution in [1.29, 1.82) is 0 Å². The lowest BCUT2D eigenvalue weighted by atomic mass is 9.61. The molecule has 2 atom stereocenters. The van der Waals surface area contributed by atoms with E-state index >= 15 is 0 Å². The topological polar surface area (TPSA) is 15.3 Å². The first-order valence-electron chi connectivity index (χ1n) is 22.2. The first-order chi connectivity index (χ1) is 28.5. The molecule has 0 spiro atoms. The minimum atomic E-state index is -0.0111. The summed E-state index contributed by atoms with van der Waals surface area (Å²) in [6, 6.07) is 48.7. The lowest BCUT2D eigenvalue weighted by Crippen LogP contribution is -2.50. The Balaban J connectivity index is 1.38. The molecule has 9 rings (SSSR count). The van der Waals surface area contributed by atoms with Crippen LogP contribution in [0.5, 0.6) is 0 Å². The molecule has 0 bridgehead atoms. The van der Waals surface area contributed by atoms with Gasteiger partial charge in [-0.3, -0.25) is 0 Å². The molecule has 7 aromatic rings. The zero-order valence-electron chi connectivity index (χ0n) is 37.5. The van der Waals surface area contributed by atoms with Gasteiger partial charge in [-0.2, -0.15) is 0 Å². The van der Waals surface area contributed by atoms with Gasteiger partial charge in [0.05, 0.1) is 11.4 Å². The maximum absolute atomic E-state index is 4.25. The molecule has 0 saturated heterocycles. The molecule has 2 heterocycles. The van der Waals surface area contributed by atoms with Crippen LogP contribution in [0.3, 0.4) is 0 Å². The molecule has 1 N–H and O–H groups in total. The summed E-state index contributed by atoms with van der Waals surface area (Å²) < 4.78 is 1.30. The number of benzene rings is 6. The van der Waals surface area contributed by atoms with Crippen molar-refractivity contribution in [3.8, 4) is 33.4 Å². The third kappa shape index (κ3) is 6.97. The van der Waals surface area contributed by atoms with Gasteiger partial charge >= 0.3 is 0 Å². The van der Waals surface area contributed by atoms with Crippen LogP contribution in [-0.2, 0) is 16.2 Å². The molecular formula is C57H62N2S. The van der Waals surface area contributed by atoms with Crippen molar-refractivity contribution in [2.24, 2.45) is 0 Å². The Bertz CT molecular complexity index is 2710. The van der Waals surface area contributed by atoms with Gasteiger partial charge in [-0.05, 0) is 130 Å². The van der Waals surface area contributed by atoms with Crippen LogP contribution in [0.15, 0.2) is 133 Å². The van der Waals surface area contributed by atoms with E-state index in [0.717, 1.165) is 5.69 Å². The van der Waals surface area contributed by atoms with Gasteiger partial charge in [0.15, 0.2) is 0 Å². The molecule has 3 heteroatoms. The average Bonchev–Trinajstić information content (AvgIpc) is 3.75. The molecule has 2 unspecified atom stereocenters. The van der Waals surface area contributed by atoms with E-state index in [-0.39, 0.29) is 21.8 Å². The van der Waals surface area contributed by atoms with E-state index < -0.39 is 0 Å². The molecule has 1 aliphatic heterocycles. The van der Waals surface area contributed by atoms with Gasteiger partial charge in [-0.1, -0.05) is 154 Å². The van der Waals surface area contributed by atoms with Crippen LogP contribution >= 0.6 is 11.3 Å². The summed E-state index contributed by atoms with van der Waals surface area (Å²) in [5, 5.41) is 7.93. The maximum Gasteiger partial charge on any atom is 0.0647 e. The van der Waals surface area contributed by atoms with Gasteiger partial charge < -0.3 is 10.2 Å². The van der Waals surface area contributed by atoms with Gasteiger partial charge in [0.25, 0.3) is 0 Å². The van der Waals surface area contributed by atoms with Crippen molar-refractivity contribution >= 4 is 44.2 Å². The highest BCUT2D eigenvalue weighted by Gasteiger charge is 2.53. The SMILES string of the molecule is CC(C)c1ccc2scc(N(c3cc(-c4ccccc4)cc(-c4cc(C(C)(C)C)cc5c4NC4(C)CCCCC54C)c3)c3ccc(C(C)(C)C)cc3-c3ccccc3)c2c1. The fraction of sp³-hybridized carbons (Fsp3) is 0.333. The second kappa shape index (κ2) is 14.8. The van der Waals surface area contributed by atoms with Crippen LogP contribution in [-0.4, -0.2) is 5.54 Å². The number of nitrogens with zero attached hydrogens (tertiary/aromatic N) is 1. The van der Waals surface area contributed by atoms with Crippen molar-refractivity contribution in [1.82, 2.24) is 0 Å². The Kier molecular flexibility index (Phi) is 9.94. The minimum Gasteiger partial charge on any atom is -0.378 e. The zero-order chi connectivity index (χ0) is 42.2. The third-order valence-electron chi connectivity index (χ3n) is 14.1. The second-order valence-electron chi connectivity index (χ2n) is 20.5. The summed E-state index contributed by atoms with van der Waals surface area (Å²) in [4.78, 5) is 2.58. The lowest BCUT2D eigenvalue weighted by Gasteiger charge is -2.45. The Hall–Kier alpha value is -5.12. The predicted molar refractivity (Wildman–Crippen MR) is 262 cm³/mol. The number of nitrogens with one attached hydrogen (secondary N) is 1. The van der Waals surface area contributed by atoms with Crippen LogP contribution in [0, 0.1) is 0 Å². The molecule has 0 amide bonds. The van der Waals surface area contributed by atoms with E-state index in [1.165, 1.54) is 108 Å². The molecule has 60 heavy (non-hydrogen) atoms. The van der Waals surface area contributed by atoms with Gasteiger partial charge in [0, 0.05) is 48.9 Å². The first-order valence-corrected chi connectivity index (χ1v) is 23.1. The van der Waals surface area contributed by atoms with Gasteiger partial charge in [-0.15, -0.1) is 11.3 Å². The average molecular weight is 807 g/mol. The quantitative estimate of drug-likeness (QED) is 0.173. The number of anilines is 4. The molecule has 1 aromatic heterocycles. The summed E-state index contributed by atoms with van der Waals surface area (Å²) in [7, 11) is 0. The zero-order valence-corrected chi connectivity index (χ0v) is 38.3. The van der Waals surface area contributed by atoms with Crippen molar-refractivity contribution in [2.75, 3.05) is 10.2 Å². The standard InChI is InChI=1S/C57H62N2S/c1-37(2)40-23-26-52-48(32-40)51(36-60-52)59(50-25-24-43(54(3,4)5)33-46(50)39-21-15-12-16-22-39)45-30-41(38-19-13-11-14-20-38)29-42(31-45)47-34-44(55(6,7)8)35-49-53(47)58-57(10)28-18-17-27-56(49,57)9/h11-16,19-26,29-37,58H,17-18,27-28H2,1-10H3. The molecule has 2 aliphatic rings. The molecule has 0 radical (unpaired) electrons. The summed E-state index contributed by atoms with van der Waals surface area (Å²) in [6.45, 7) is 23.7. The molecule has 306 valence electrons. The molecule has 1 saturated carbocycles. The molecular weight excluding hydrogens is 745 g/mol. The fourth-order valence-corrected chi connectivity index (χ4v) is 10.9. The summed E-state index contributed by atoms with van der Waals surface area (Å²) in [5.41, 5.74) is 17.9. The Labute approximate surface area is 363 Å². The van der Waals surface area contributed by atoms with Crippen molar-refractivity contribution in [3.63, 3.8) is 0 Å². The maximum atomic E-state index is 4.25. The highest BCUT2D eigenvalue weighted by atomic mass is 32.1. The van der Waals surface area contributed by atoms with Crippen LogP contribution in [0.1, 0.15) is 123 Å². The highest BCUT2D eigenvalue weighted by Crippen LogP contribution is 2.58. The van der Waals surface area contributed by atoms with E-state index in [9.17, 15) is 0 Å². The second-order valence-corrected chi connectivity index (χ2v) is 21.5. The third-order valence-corrected chi connectivity index (χ3v) is 15.0. The minimum absolute atomic E-state index is 0.00778. The molecule has 1 fully saturated rings. The van der Waals surface area contributed by atoms with Crippen LogP contribution in [0.4, 0.5) is 22.7 Å². The number of fused-ring (bicyclic) bond motifs is 4. The lowest BCUT2D eigenvalue weighted by molar-refractivity contribution is 0.214. The van der Waals surface area contributed by atoms with E-state index in [2.05, 4.69) is 212 Å². The largest absolute Gasteiger partial charge is 0.378 e. The van der Waals surface area contributed by atoms with E-state index in [4.69, 9.17) is 0 Å². The van der Waals surface area contributed by atoms with Gasteiger partial charge in [0.2, 0.25) is 0 Å². The summed E-state index contributed by atoms with van der Waals surface area (Å²) >= 11 is 1.84. The highest BCUT2D eigenvalue weighted by molar-refractivity contribution is 7.17. The fourth-order valence-electron chi connectivity index (χ4n) is 10.0. The number of hydrogen-bond acceptors (Lipinski definition) is 3. The monoisotopic (exact) mass is 806 g/mol. The normalized spacial score (nSPS) is 19.0. The van der Waals surface area contributed by atoms with Crippen LogP contribution < -0.4 is 10.2 Å². The van der Waals surface area contributed by atoms with Crippen molar-refractivity contribution in [3.05, 3.63) is 155 Å². The van der Waals surface area contributed by atoms with E-state index in [1.807, 2.05) is 11.3 Å². The Morgan fingerprint density at radius 2 is 1.25 bits per heavy atom.